The van der Waals surface area contributed by atoms with Crippen molar-refractivity contribution in [2.75, 3.05) is 6.61 Å². The number of thiophene rings is 1. The zero-order valence-corrected chi connectivity index (χ0v) is 17.7. The molecular formula is C21H19FN4O4S. The van der Waals surface area contributed by atoms with Gasteiger partial charge in [0.25, 0.3) is 5.56 Å². The fourth-order valence-electron chi connectivity index (χ4n) is 3.27. The normalized spacial score (nSPS) is 11.2. The molecule has 0 saturated heterocycles. The van der Waals surface area contributed by atoms with Crippen LogP contribution >= 0.6 is 11.3 Å². The fraction of sp³-hybridized carbons (Fsp3) is 0.238. The predicted octanol–water partition coefficient (Wildman–Crippen LogP) is 2.55. The van der Waals surface area contributed by atoms with Crippen LogP contribution in [0.4, 0.5) is 4.39 Å². The summed E-state index contributed by atoms with van der Waals surface area (Å²) >= 11 is 1.25. The number of rotatable bonds is 6. The summed E-state index contributed by atoms with van der Waals surface area (Å²) in [7, 11) is 3.25. The number of imidazole rings is 1. The highest BCUT2D eigenvalue weighted by Gasteiger charge is 2.15. The Morgan fingerprint density at radius 1 is 1.13 bits per heavy atom. The van der Waals surface area contributed by atoms with Crippen molar-refractivity contribution in [3.05, 3.63) is 74.3 Å². The molecule has 1 aromatic carbocycles. The summed E-state index contributed by atoms with van der Waals surface area (Å²) in [6, 6.07) is 9.45. The predicted molar refractivity (Wildman–Crippen MR) is 115 cm³/mol. The fourth-order valence-corrected chi connectivity index (χ4v) is 4.17. The Hall–Kier alpha value is -3.53. The Morgan fingerprint density at radius 3 is 2.61 bits per heavy atom. The molecule has 0 aliphatic carbocycles. The molecule has 4 aromatic rings. The Bertz CT molecular complexity index is 1380. The lowest BCUT2D eigenvalue weighted by Gasteiger charge is -2.09. The van der Waals surface area contributed by atoms with Crippen LogP contribution in [0, 0.1) is 5.82 Å². The van der Waals surface area contributed by atoms with Gasteiger partial charge < -0.3 is 9.30 Å². The van der Waals surface area contributed by atoms with Gasteiger partial charge in [0.15, 0.2) is 11.2 Å². The highest BCUT2D eigenvalue weighted by atomic mass is 32.1. The third-order valence-corrected chi connectivity index (χ3v) is 6.01. The van der Waals surface area contributed by atoms with Crippen molar-refractivity contribution in [2.45, 2.75) is 13.0 Å². The lowest BCUT2D eigenvalue weighted by atomic mass is 10.2. The van der Waals surface area contributed by atoms with E-state index in [1.165, 1.54) is 34.4 Å². The number of carbonyl (C=O) groups excluding carboxylic acids is 1. The Balaban J connectivity index is 1.40. The largest absolute Gasteiger partial charge is 0.461 e. The van der Waals surface area contributed by atoms with Crippen molar-refractivity contribution in [3.8, 4) is 10.4 Å². The first-order valence-corrected chi connectivity index (χ1v) is 10.3. The molecule has 10 heteroatoms. The maximum Gasteiger partial charge on any atom is 0.348 e. The lowest BCUT2D eigenvalue weighted by molar-refractivity contribution is 0.0501. The SMILES string of the molecule is Cn1cnc2c1c(=O)n(CCCOC(=O)c1ccc(-c3ccc(F)cc3)s1)c(=O)n2C. The van der Waals surface area contributed by atoms with Crippen molar-refractivity contribution in [2.24, 2.45) is 14.1 Å². The second kappa shape index (κ2) is 8.31. The van der Waals surface area contributed by atoms with Crippen molar-refractivity contribution in [3.63, 3.8) is 0 Å². The van der Waals surface area contributed by atoms with Crippen LogP contribution in [0.25, 0.3) is 21.6 Å². The molecule has 31 heavy (non-hydrogen) atoms. The standard InChI is InChI=1S/C21H19FN4O4S/c1-24-12-23-18-17(24)19(27)26(21(29)25(18)2)10-3-11-30-20(28)16-9-8-15(31-16)13-4-6-14(22)7-5-13/h4-9,12H,3,10-11H2,1-2H3. The second-order valence-electron chi connectivity index (χ2n) is 6.99. The number of hydrogen-bond donors (Lipinski definition) is 0. The number of carbonyl (C=O) groups is 1. The van der Waals surface area contributed by atoms with Gasteiger partial charge in [-0.3, -0.25) is 13.9 Å². The van der Waals surface area contributed by atoms with Crippen molar-refractivity contribution in [1.82, 2.24) is 18.7 Å². The molecule has 0 aliphatic rings. The van der Waals surface area contributed by atoms with Crippen LogP contribution in [-0.4, -0.2) is 31.3 Å². The van der Waals surface area contributed by atoms with Crippen LogP contribution in [0.1, 0.15) is 16.1 Å². The van der Waals surface area contributed by atoms with Gasteiger partial charge in [0.2, 0.25) is 0 Å². The molecule has 0 amide bonds. The minimum absolute atomic E-state index is 0.0572. The molecule has 160 valence electrons. The van der Waals surface area contributed by atoms with E-state index in [0.29, 0.717) is 22.5 Å². The van der Waals surface area contributed by atoms with Crippen LogP contribution in [-0.2, 0) is 25.4 Å². The van der Waals surface area contributed by atoms with Crippen molar-refractivity contribution >= 4 is 28.5 Å². The average Bonchev–Trinajstić information content (AvgIpc) is 3.39. The number of halogens is 1. The molecule has 0 fully saturated rings. The maximum absolute atomic E-state index is 13.1. The summed E-state index contributed by atoms with van der Waals surface area (Å²) in [4.78, 5) is 42.8. The highest BCUT2D eigenvalue weighted by Crippen LogP contribution is 2.28. The molecule has 0 unspecified atom stereocenters. The van der Waals surface area contributed by atoms with E-state index < -0.39 is 17.2 Å². The van der Waals surface area contributed by atoms with Gasteiger partial charge in [-0.25, -0.2) is 19.0 Å². The van der Waals surface area contributed by atoms with Gasteiger partial charge in [-0.1, -0.05) is 12.1 Å². The smallest absolute Gasteiger partial charge is 0.348 e. The van der Waals surface area contributed by atoms with E-state index in [-0.39, 0.29) is 19.0 Å². The van der Waals surface area contributed by atoms with Crippen LogP contribution in [0.5, 0.6) is 0 Å². The van der Waals surface area contributed by atoms with E-state index in [1.54, 1.807) is 42.9 Å². The third-order valence-electron chi connectivity index (χ3n) is 4.90. The Morgan fingerprint density at radius 2 is 1.87 bits per heavy atom. The van der Waals surface area contributed by atoms with Gasteiger partial charge in [0, 0.05) is 25.5 Å². The first kappa shape index (κ1) is 20.7. The number of nitrogens with zero attached hydrogens (tertiary/aromatic N) is 4. The molecular weight excluding hydrogens is 423 g/mol. The first-order chi connectivity index (χ1) is 14.9. The monoisotopic (exact) mass is 442 g/mol. The third kappa shape index (κ3) is 3.93. The summed E-state index contributed by atoms with van der Waals surface area (Å²) in [5.41, 5.74) is 0.586. The number of ether oxygens (including phenoxy) is 1. The molecule has 0 atom stereocenters. The lowest BCUT2D eigenvalue weighted by Crippen LogP contribution is -2.39. The van der Waals surface area contributed by atoms with Crippen LogP contribution < -0.4 is 11.2 Å². The molecule has 0 spiro atoms. The molecule has 0 radical (unpaired) electrons. The number of aromatic nitrogens is 4. The number of esters is 1. The molecule has 0 N–H and O–H groups in total. The summed E-state index contributed by atoms with van der Waals surface area (Å²) in [6.45, 7) is 0.173. The molecule has 0 saturated carbocycles. The number of benzene rings is 1. The van der Waals surface area contributed by atoms with Crippen LogP contribution in [0.2, 0.25) is 0 Å². The minimum atomic E-state index is -0.485. The summed E-state index contributed by atoms with van der Waals surface area (Å²) in [6.07, 6.45) is 1.79. The van der Waals surface area contributed by atoms with Crippen LogP contribution in [0.15, 0.2) is 52.3 Å². The molecule has 4 rings (SSSR count). The topological polar surface area (TPSA) is 88.1 Å². The molecule has 0 aliphatic heterocycles. The van der Waals surface area contributed by atoms with Gasteiger partial charge in [0.1, 0.15) is 10.7 Å². The second-order valence-corrected chi connectivity index (χ2v) is 8.07. The Labute approximate surface area is 179 Å². The van der Waals surface area contributed by atoms with Gasteiger partial charge >= 0.3 is 11.7 Å². The number of hydrogen-bond acceptors (Lipinski definition) is 6. The van der Waals surface area contributed by atoms with Gasteiger partial charge in [-0.05, 0) is 36.2 Å². The highest BCUT2D eigenvalue weighted by molar-refractivity contribution is 7.17. The van der Waals surface area contributed by atoms with E-state index in [9.17, 15) is 18.8 Å². The first-order valence-electron chi connectivity index (χ1n) is 9.50. The summed E-state index contributed by atoms with van der Waals surface area (Å²) in [5, 5.41) is 0. The number of aryl methyl sites for hydroxylation is 2. The van der Waals surface area contributed by atoms with Crippen LogP contribution in [0.3, 0.4) is 0 Å². The summed E-state index contributed by atoms with van der Waals surface area (Å²) in [5.74, 6) is -0.808. The molecule has 0 bridgehead atoms. The van der Waals surface area contributed by atoms with Crippen molar-refractivity contribution in [1.29, 1.82) is 0 Å². The zero-order valence-electron chi connectivity index (χ0n) is 16.9. The van der Waals surface area contributed by atoms with Gasteiger partial charge in [-0.15, -0.1) is 11.3 Å². The zero-order chi connectivity index (χ0) is 22.1. The van der Waals surface area contributed by atoms with E-state index in [0.717, 1.165) is 15.0 Å². The van der Waals surface area contributed by atoms with Crippen molar-refractivity contribution < 1.29 is 13.9 Å². The van der Waals surface area contributed by atoms with Gasteiger partial charge in [-0.2, -0.15) is 0 Å². The maximum atomic E-state index is 13.1. The summed E-state index contributed by atoms with van der Waals surface area (Å²) < 4.78 is 22.4. The number of fused-ring (bicyclic) bond motifs is 1. The van der Waals surface area contributed by atoms with E-state index in [1.807, 2.05) is 0 Å². The molecule has 3 heterocycles. The quantitative estimate of drug-likeness (QED) is 0.338. The Kier molecular flexibility index (Phi) is 5.55. The average molecular weight is 442 g/mol. The minimum Gasteiger partial charge on any atom is -0.461 e. The molecule has 3 aromatic heterocycles. The van der Waals surface area contributed by atoms with Gasteiger partial charge in [0.05, 0.1) is 12.9 Å². The van der Waals surface area contributed by atoms with E-state index in [2.05, 4.69) is 4.98 Å². The molecule has 8 nitrogen and oxygen atoms in total. The van der Waals surface area contributed by atoms with E-state index >= 15 is 0 Å². The van der Waals surface area contributed by atoms with E-state index in [4.69, 9.17) is 4.74 Å².